The first-order chi connectivity index (χ1) is 7.92. The molecule has 2 rings (SSSR count). The van der Waals surface area contributed by atoms with E-state index >= 15 is 0 Å². The summed E-state index contributed by atoms with van der Waals surface area (Å²) in [7, 11) is 0. The van der Waals surface area contributed by atoms with Gasteiger partial charge in [-0.3, -0.25) is 0 Å². The number of rotatable bonds is 2. The van der Waals surface area contributed by atoms with Gasteiger partial charge in [0.1, 0.15) is 0 Å². The first-order valence-electron chi connectivity index (χ1n) is 6.07. The van der Waals surface area contributed by atoms with E-state index in [9.17, 15) is 0 Å². The Morgan fingerprint density at radius 1 is 1.12 bits per heavy atom. The summed E-state index contributed by atoms with van der Waals surface area (Å²) in [5.74, 6) is 0.702. The highest BCUT2D eigenvalue weighted by atomic mass is 14.2. The van der Waals surface area contributed by atoms with Crippen molar-refractivity contribution in [2.75, 3.05) is 0 Å². The zero-order valence-electron chi connectivity index (χ0n) is 9.52. The Morgan fingerprint density at radius 2 is 1.88 bits per heavy atom. The van der Waals surface area contributed by atoms with Crippen LogP contribution in [0.1, 0.15) is 49.1 Å². The smallest absolute Gasteiger partial charge is 0.0912 e. The Hall–Kier alpha value is -1.55. The van der Waals surface area contributed by atoms with Crippen LogP contribution in [0.5, 0.6) is 0 Å². The fraction of sp³-hybridized carbons (Fsp3) is 0.400. The molecule has 0 amide bonds. The summed E-state index contributed by atoms with van der Waals surface area (Å²) in [6, 6.07) is 10.5. The molecule has 0 radical (unpaired) electrons. The number of benzene rings is 1. The lowest BCUT2D eigenvalue weighted by Crippen LogP contribution is -2.05. The van der Waals surface area contributed by atoms with Crippen LogP contribution in [-0.4, -0.2) is 0 Å². The molecule has 0 aliphatic heterocycles. The van der Waals surface area contributed by atoms with Crippen molar-refractivity contribution >= 4 is 6.08 Å². The van der Waals surface area contributed by atoms with Crippen molar-refractivity contribution < 1.29 is 0 Å². The van der Waals surface area contributed by atoms with Gasteiger partial charge in [0.15, 0.2) is 0 Å². The molecule has 1 heteroatoms. The second-order valence-electron chi connectivity index (χ2n) is 4.43. The van der Waals surface area contributed by atoms with Gasteiger partial charge in [-0.1, -0.05) is 43.5 Å². The standard InChI is InChI=1S/C15H17N/c16-12-6-10-14-9-4-5-11-15(14)13-7-2-1-3-8-13/h4-6,9-11,13H,1-3,7-8H2/b10-6+. The Labute approximate surface area is 97.4 Å². The predicted octanol–water partition coefficient (Wildman–Crippen LogP) is 4.27. The van der Waals surface area contributed by atoms with Gasteiger partial charge in [0.2, 0.25) is 0 Å². The minimum Gasteiger partial charge on any atom is -0.193 e. The Kier molecular flexibility index (Phi) is 3.77. The van der Waals surface area contributed by atoms with Gasteiger partial charge in [0, 0.05) is 6.08 Å². The largest absolute Gasteiger partial charge is 0.193 e. The third-order valence-corrected chi connectivity index (χ3v) is 3.38. The molecule has 0 bridgehead atoms. The second kappa shape index (κ2) is 5.51. The number of nitrogens with zero attached hydrogens (tertiary/aromatic N) is 1. The molecule has 0 heterocycles. The number of hydrogen-bond donors (Lipinski definition) is 0. The first-order valence-corrected chi connectivity index (χ1v) is 6.07. The molecule has 0 saturated heterocycles. The topological polar surface area (TPSA) is 23.8 Å². The van der Waals surface area contributed by atoms with Crippen molar-refractivity contribution in [1.29, 1.82) is 5.26 Å². The third-order valence-electron chi connectivity index (χ3n) is 3.38. The van der Waals surface area contributed by atoms with Gasteiger partial charge in [-0.05, 0) is 36.0 Å². The van der Waals surface area contributed by atoms with Crippen LogP contribution in [0, 0.1) is 11.3 Å². The third kappa shape index (κ3) is 2.52. The molecular weight excluding hydrogens is 194 g/mol. The van der Waals surface area contributed by atoms with E-state index in [1.54, 1.807) is 6.08 Å². The van der Waals surface area contributed by atoms with Crippen LogP contribution in [0.15, 0.2) is 30.3 Å². The van der Waals surface area contributed by atoms with Crippen molar-refractivity contribution in [2.24, 2.45) is 0 Å². The predicted molar refractivity (Wildman–Crippen MR) is 66.9 cm³/mol. The van der Waals surface area contributed by atoms with Crippen molar-refractivity contribution in [1.82, 2.24) is 0 Å². The molecule has 1 nitrogen and oxygen atoms in total. The Bertz CT molecular complexity index is 406. The van der Waals surface area contributed by atoms with E-state index in [0.29, 0.717) is 5.92 Å². The average molecular weight is 211 g/mol. The molecule has 82 valence electrons. The first kappa shape index (κ1) is 11.0. The highest BCUT2D eigenvalue weighted by molar-refractivity contribution is 5.56. The molecule has 1 aliphatic rings. The maximum absolute atomic E-state index is 8.59. The Balaban J connectivity index is 2.25. The van der Waals surface area contributed by atoms with Gasteiger partial charge in [-0.25, -0.2) is 0 Å². The van der Waals surface area contributed by atoms with Crippen molar-refractivity contribution in [2.45, 2.75) is 38.0 Å². The molecule has 1 fully saturated rings. The van der Waals surface area contributed by atoms with E-state index in [4.69, 9.17) is 5.26 Å². The number of hydrogen-bond acceptors (Lipinski definition) is 1. The van der Waals surface area contributed by atoms with Crippen LogP contribution in [0.2, 0.25) is 0 Å². The van der Waals surface area contributed by atoms with Gasteiger partial charge in [0.05, 0.1) is 6.07 Å². The van der Waals surface area contributed by atoms with E-state index < -0.39 is 0 Å². The maximum atomic E-state index is 8.59. The fourth-order valence-electron chi connectivity index (χ4n) is 2.58. The molecular formula is C15H17N. The second-order valence-corrected chi connectivity index (χ2v) is 4.43. The molecule has 0 unspecified atom stereocenters. The van der Waals surface area contributed by atoms with E-state index in [2.05, 4.69) is 24.3 Å². The zero-order valence-corrected chi connectivity index (χ0v) is 9.52. The normalized spacial score (nSPS) is 17.4. The molecule has 1 saturated carbocycles. The van der Waals surface area contributed by atoms with E-state index in [-0.39, 0.29) is 0 Å². The van der Waals surface area contributed by atoms with E-state index in [1.807, 2.05) is 12.1 Å². The van der Waals surface area contributed by atoms with E-state index in [1.165, 1.54) is 43.2 Å². The van der Waals surface area contributed by atoms with E-state index in [0.717, 1.165) is 0 Å². The maximum Gasteiger partial charge on any atom is 0.0912 e. The minimum absolute atomic E-state index is 0.702. The monoisotopic (exact) mass is 211 g/mol. The lowest BCUT2D eigenvalue weighted by Gasteiger charge is -2.23. The number of nitriles is 1. The van der Waals surface area contributed by atoms with Crippen molar-refractivity contribution in [3.63, 3.8) is 0 Å². The fourth-order valence-corrected chi connectivity index (χ4v) is 2.58. The highest BCUT2D eigenvalue weighted by Crippen LogP contribution is 2.34. The van der Waals surface area contributed by atoms with Crippen LogP contribution in [0.3, 0.4) is 0 Å². The molecule has 1 aromatic rings. The highest BCUT2D eigenvalue weighted by Gasteiger charge is 2.16. The Morgan fingerprint density at radius 3 is 2.62 bits per heavy atom. The molecule has 1 aromatic carbocycles. The van der Waals surface area contributed by atoms with Crippen molar-refractivity contribution in [3.05, 3.63) is 41.5 Å². The lowest BCUT2D eigenvalue weighted by atomic mass is 9.82. The molecule has 16 heavy (non-hydrogen) atoms. The van der Waals surface area contributed by atoms with Crippen LogP contribution in [0.25, 0.3) is 6.08 Å². The average Bonchev–Trinajstić information content (AvgIpc) is 2.38. The summed E-state index contributed by atoms with van der Waals surface area (Å²) in [5.41, 5.74) is 2.64. The molecule has 1 aliphatic carbocycles. The van der Waals surface area contributed by atoms with Crippen LogP contribution in [-0.2, 0) is 0 Å². The summed E-state index contributed by atoms with van der Waals surface area (Å²) < 4.78 is 0. The van der Waals surface area contributed by atoms with Crippen LogP contribution in [0.4, 0.5) is 0 Å². The lowest BCUT2D eigenvalue weighted by molar-refractivity contribution is 0.443. The minimum atomic E-state index is 0.702. The SMILES string of the molecule is N#C/C=C/c1ccccc1C1CCCCC1. The van der Waals surface area contributed by atoms with Gasteiger partial charge in [-0.2, -0.15) is 5.26 Å². The van der Waals surface area contributed by atoms with Crippen molar-refractivity contribution in [3.8, 4) is 6.07 Å². The summed E-state index contributed by atoms with van der Waals surface area (Å²) in [6.07, 6.45) is 10.2. The van der Waals surface area contributed by atoms with Crippen LogP contribution < -0.4 is 0 Å². The summed E-state index contributed by atoms with van der Waals surface area (Å²) in [5, 5.41) is 8.59. The molecule has 0 spiro atoms. The summed E-state index contributed by atoms with van der Waals surface area (Å²) in [4.78, 5) is 0. The molecule has 0 atom stereocenters. The van der Waals surface area contributed by atoms with Gasteiger partial charge in [-0.15, -0.1) is 0 Å². The zero-order chi connectivity index (χ0) is 11.2. The molecule has 0 N–H and O–H groups in total. The molecule has 0 aromatic heterocycles. The number of allylic oxidation sites excluding steroid dienone is 1. The summed E-state index contributed by atoms with van der Waals surface area (Å²) >= 11 is 0. The quantitative estimate of drug-likeness (QED) is 0.670. The van der Waals surface area contributed by atoms with Gasteiger partial charge in [0.25, 0.3) is 0 Å². The van der Waals surface area contributed by atoms with Gasteiger partial charge >= 0.3 is 0 Å². The van der Waals surface area contributed by atoms with Crippen LogP contribution >= 0.6 is 0 Å². The summed E-state index contributed by atoms with van der Waals surface area (Å²) in [6.45, 7) is 0. The van der Waals surface area contributed by atoms with Gasteiger partial charge < -0.3 is 0 Å².